The van der Waals surface area contributed by atoms with E-state index >= 15 is 4.39 Å². The summed E-state index contributed by atoms with van der Waals surface area (Å²) in [5.74, 6) is -0.338. The summed E-state index contributed by atoms with van der Waals surface area (Å²) in [4.78, 5) is 0. The van der Waals surface area contributed by atoms with Crippen LogP contribution in [0.1, 0.15) is 68.2 Å². The zero-order valence-electron chi connectivity index (χ0n) is 21.1. The number of ether oxygens (including phenoxy) is 3. The minimum atomic E-state index is -4.84. The molecule has 4 rings (SSSR count). The lowest BCUT2D eigenvalue weighted by molar-refractivity contribution is -0.139. The number of halogens is 4. The maximum Gasteiger partial charge on any atom is 0.419 e. The van der Waals surface area contributed by atoms with Gasteiger partial charge >= 0.3 is 6.18 Å². The molecular formula is C30H32F4O3. The molecule has 0 amide bonds. The third-order valence-electron chi connectivity index (χ3n) is 6.67. The molecule has 0 bridgehead atoms. The molecule has 0 spiro atoms. The monoisotopic (exact) mass is 516 g/mol. The quantitative estimate of drug-likeness (QED) is 0.210. The predicted molar refractivity (Wildman–Crippen MR) is 136 cm³/mol. The Morgan fingerprint density at radius 1 is 0.865 bits per heavy atom. The van der Waals surface area contributed by atoms with Crippen molar-refractivity contribution in [1.29, 1.82) is 0 Å². The second-order valence-corrected chi connectivity index (χ2v) is 9.21. The summed E-state index contributed by atoms with van der Waals surface area (Å²) < 4.78 is 74.8. The first-order valence-corrected chi connectivity index (χ1v) is 12.8. The maximum atomic E-state index is 15.5. The van der Waals surface area contributed by atoms with Crippen molar-refractivity contribution < 1.29 is 31.8 Å². The largest absolute Gasteiger partial charge is 0.494 e. The summed E-state index contributed by atoms with van der Waals surface area (Å²) in [6.07, 6.45) is -2.05. The molecule has 3 nitrogen and oxygen atoms in total. The highest BCUT2D eigenvalue weighted by Gasteiger charge is 2.39. The summed E-state index contributed by atoms with van der Waals surface area (Å²) in [6.45, 7) is 5.21. The van der Waals surface area contributed by atoms with Gasteiger partial charge in [-0.2, -0.15) is 13.2 Å². The zero-order chi connectivity index (χ0) is 26.4. The molecule has 1 aliphatic heterocycles. The van der Waals surface area contributed by atoms with Crippen LogP contribution in [-0.2, 0) is 10.9 Å². The van der Waals surface area contributed by atoms with Crippen LogP contribution in [0.4, 0.5) is 17.6 Å². The second kappa shape index (κ2) is 12.0. The van der Waals surface area contributed by atoms with E-state index in [1.807, 2.05) is 38.1 Å². The number of hydrogen-bond acceptors (Lipinski definition) is 3. The zero-order valence-corrected chi connectivity index (χ0v) is 21.1. The van der Waals surface area contributed by atoms with Gasteiger partial charge in [0.2, 0.25) is 0 Å². The van der Waals surface area contributed by atoms with E-state index < -0.39 is 23.5 Å². The van der Waals surface area contributed by atoms with Crippen molar-refractivity contribution in [2.24, 2.45) is 0 Å². The fraction of sp³-hybridized carbons (Fsp3) is 0.400. The molecule has 0 aliphatic carbocycles. The molecule has 3 aromatic carbocycles. The molecule has 0 saturated carbocycles. The molecule has 1 heterocycles. The summed E-state index contributed by atoms with van der Waals surface area (Å²) >= 11 is 0. The minimum absolute atomic E-state index is 0.0423. The first-order chi connectivity index (χ1) is 17.8. The Kier molecular flexibility index (Phi) is 8.75. The van der Waals surface area contributed by atoms with Crippen LogP contribution in [0.2, 0.25) is 0 Å². The Bertz CT molecular complexity index is 1150. The van der Waals surface area contributed by atoms with E-state index in [4.69, 9.17) is 14.2 Å². The Morgan fingerprint density at radius 2 is 1.54 bits per heavy atom. The van der Waals surface area contributed by atoms with Gasteiger partial charge < -0.3 is 14.2 Å². The lowest BCUT2D eigenvalue weighted by Crippen LogP contribution is -2.22. The minimum Gasteiger partial charge on any atom is -0.494 e. The molecule has 7 heteroatoms. The van der Waals surface area contributed by atoms with Crippen molar-refractivity contribution in [2.75, 3.05) is 19.8 Å². The third-order valence-corrected chi connectivity index (χ3v) is 6.67. The van der Waals surface area contributed by atoms with Gasteiger partial charge in [0.25, 0.3) is 0 Å². The summed E-state index contributed by atoms with van der Waals surface area (Å²) in [7, 11) is 0. The van der Waals surface area contributed by atoms with Gasteiger partial charge in [0.05, 0.1) is 31.5 Å². The maximum absolute atomic E-state index is 15.5. The Hall–Kier alpha value is -3.06. The van der Waals surface area contributed by atoms with Crippen LogP contribution in [0.3, 0.4) is 0 Å². The topological polar surface area (TPSA) is 27.7 Å². The smallest absolute Gasteiger partial charge is 0.419 e. The van der Waals surface area contributed by atoms with Crippen molar-refractivity contribution in [3.05, 3.63) is 83.2 Å². The van der Waals surface area contributed by atoms with E-state index in [2.05, 4.69) is 0 Å². The number of alkyl halides is 3. The summed E-state index contributed by atoms with van der Waals surface area (Å²) in [6, 6.07) is 16.7. The predicted octanol–water partition coefficient (Wildman–Crippen LogP) is 8.72. The van der Waals surface area contributed by atoms with Crippen molar-refractivity contribution in [3.8, 4) is 22.6 Å². The van der Waals surface area contributed by atoms with Gasteiger partial charge in [-0.25, -0.2) is 4.39 Å². The van der Waals surface area contributed by atoms with E-state index in [-0.39, 0.29) is 29.4 Å². The van der Waals surface area contributed by atoms with Gasteiger partial charge in [-0.15, -0.1) is 0 Å². The average Bonchev–Trinajstić information content (AvgIpc) is 2.89. The lowest BCUT2D eigenvalue weighted by Gasteiger charge is -2.30. The van der Waals surface area contributed by atoms with Crippen LogP contribution in [0.25, 0.3) is 11.1 Å². The molecule has 3 aromatic rings. The Balaban J connectivity index is 1.52. The SMILES string of the molecule is CCCCOc1ccc(-c2ccc(C3CCC(c4ccc(OCC)cc4)OC3)c(F)c2C(F)(F)F)cc1. The van der Waals surface area contributed by atoms with Crippen molar-refractivity contribution in [1.82, 2.24) is 0 Å². The Labute approximate surface area is 215 Å². The second-order valence-electron chi connectivity index (χ2n) is 9.21. The van der Waals surface area contributed by atoms with Gasteiger partial charge in [-0.05, 0) is 72.7 Å². The van der Waals surface area contributed by atoms with E-state index in [1.165, 1.54) is 24.3 Å². The van der Waals surface area contributed by atoms with Crippen LogP contribution in [-0.4, -0.2) is 19.8 Å². The number of benzene rings is 3. The first kappa shape index (κ1) is 27.0. The molecule has 1 fully saturated rings. The summed E-state index contributed by atoms with van der Waals surface area (Å²) in [5, 5.41) is 0. The highest BCUT2D eigenvalue weighted by molar-refractivity contribution is 5.69. The molecule has 1 aliphatic rings. The average molecular weight is 517 g/mol. The van der Waals surface area contributed by atoms with E-state index in [9.17, 15) is 13.2 Å². The summed E-state index contributed by atoms with van der Waals surface area (Å²) in [5.41, 5.74) is -0.122. The van der Waals surface area contributed by atoms with E-state index in [0.717, 1.165) is 24.2 Å². The van der Waals surface area contributed by atoms with Crippen LogP contribution in [0.15, 0.2) is 60.7 Å². The van der Waals surface area contributed by atoms with Gasteiger partial charge in [-0.3, -0.25) is 0 Å². The van der Waals surface area contributed by atoms with Crippen molar-refractivity contribution >= 4 is 0 Å². The first-order valence-electron chi connectivity index (χ1n) is 12.8. The molecule has 2 unspecified atom stereocenters. The molecule has 0 radical (unpaired) electrons. The van der Waals surface area contributed by atoms with Gasteiger partial charge in [0, 0.05) is 5.92 Å². The molecule has 198 valence electrons. The molecule has 0 aromatic heterocycles. The van der Waals surface area contributed by atoms with Gasteiger partial charge in [0.1, 0.15) is 17.3 Å². The molecule has 1 saturated heterocycles. The highest BCUT2D eigenvalue weighted by atomic mass is 19.4. The van der Waals surface area contributed by atoms with E-state index in [0.29, 0.717) is 31.8 Å². The van der Waals surface area contributed by atoms with Crippen LogP contribution in [0.5, 0.6) is 11.5 Å². The fourth-order valence-corrected chi connectivity index (χ4v) is 4.70. The van der Waals surface area contributed by atoms with Crippen molar-refractivity contribution in [3.63, 3.8) is 0 Å². The van der Waals surface area contributed by atoms with Crippen molar-refractivity contribution in [2.45, 2.75) is 57.7 Å². The van der Waals surface area contributed by atoms with E-state index in [1.54, 1.807) is 12.1 Å². The molecule has 0 N–H and O–H groups in total. The molecule has 37 heavy (non-hydrogen) atoms. The standard InChI is InChI=1S/C30H32F4O3/c1-3-5-18-36-24-11-6-20(7-12-24)25-15-16-26(29(31)28(25)30(32,33)34)22-10-17-27(37-19-22)21-8-13-23(14-9-21)35-4-2/h6-9,11-16,22,27H,3-5,10,17-19H2,1-2H3. The lowest BCUT2D eigenvalue weighted by atomic mass is 9.86. The fourth-order valence-electron chi connectivity index (χ4n) is 4.70. The van der Waals surface area contributed by atoms with Crippen LogP contribution in [0, 0.1) is 5.82 Å². The Morgan fingerprint density at radius 3 is 2.14 bits per heavy atom. The number of rotatable bonds is 9. The van der Waals surface area contributed by atoms with Crippen LogP contribution < -0.4 is 9.47 Å². The normalized spacial score (nSPS) is 18.0. The van der Waals surface area contributed by atoms with Gasteiger partial charge in [0.15, 0.2) is 0 Å². The molecular weight excluding hydrogens is 484 g/mol. The van der Waals surface area contributed by atoms with Crippen LogP contribution >= 0.6 is 0 Å². The molecule has 2 atom stereocenters. The van der Waals surface area contributed by atoms with Gasteiger partial charge in [-0.1, -0.05) is 49.7 Å². The number of hydrogen-bond donors (Lipinski definition) is 0. The highest BCUT2D eigenvalue weighted by Crippen LogP contribution is 2.44. The number of unbranched alkanes of at least 4 members (excludes halogenated alkanes) is 1. The third kappa shape index (κ3) is 6.45.